The minimum atomic E-state index is -0.149. The van der Waals surface area contributed by atoms with E-state index in [-0.39, 0.29) is 10.4 Å². The van der Waals surface area contributed by atoms with Gasteiger partial charge in [0, 0.05) is 6.92 Å². The molecule has 0 fully saturated rings. The first kappa shape index (κ1) is 11.2. The molecule has 74 valence electrons. The number of benzene rings is 1. The fourth-order valence-corrected chi connectivity index (χ4v) is 1.01. The Morgan fingerprint density at radius 1 is 1.50 bits per heavy atom. The zero-order valence-corrected chi connectivity index (χ0v) is 9.76. The maximum Gasteiger partial charge on any atom is 0.187 e. The molecule has 0 aliphatic heterocycles. The van der Waals surface area contributed by atoms with Crippen LogP contribution in [0.15, 0.2) is 29.4 Å². The lowest BCUT2D eigenvalue weighted by molar-refractivity contribution is -0.110. The smallest absolute Gasteiger partial charge is 0.187 e. The van der Waals surface area contributed by atoms with E-state index in [9.17, 15) is 4.79 Å². The van der Waals surface area contributed by atoms with Gasteiger partial charge in [0.2, 0.25) is 0 Å². The van der Waals surface area contributed by atoms with Gasteiger partial charge in [-0.25, -0.2) is 0 Å². The first-order valence-electron chi connectivity index (χ1n) is 3.86. The molecule has 0 aliphatic carbocycles. The third-order valence-electron chi connectivity index (χ3n) is 1.44. The predicted octanol–water partition coefficient (Wildman–Crippen LogP) is 3.05. The highest BCUT2D eigenvalue weighted by Crippen LogP contribution is 2.20. The monoisotopic (exact) mass is 274 g/mol. The number of para-hydroxylation sites is 1. The quantitative estimate of drug-likeness (QED) is 0.680. The Bertz CT molecular complexity index is 379. The molecule has 0 radical (unpaired) electrons. The Labute approximate surface area is 95.3 Å². The molecule has 0 aromatic heterocycles. The average molecular weight is 276 g/mol. The number of carbonyl (C=O) groups is 1. The summed E-state index contributed by atoms with van der Waals surface area (Å²) in [7, 11) is 0. The Balaban J connectivity index is 2.76. The topological polar surface area (TPSA) is 41.5 Å². The van der Waals surface area contributed by atoms with Crippen molar-refractivity contribution in [1.29, 1.82) is 0 Å². The zero-order valence-electron chi connectivity index (χ0n) is 7.42. The van der Waals surface area contributed by atoms with Crippen molar-refractivity contribution in [2.75, 3.05) is 5.43 Å². The van der Waals surface area contributed by atoms with Crippen LogP contribution in [0.2, 0.25) is 5.02 Å². The van der Waals surface area contributed by atoms with Crippen molar-refractivity contribution in [3.63, 3.8) is 0 Å². The Morgan fingerprint density at radius 2 is 2.14 bits per heavy atom. The molecule has 1 aromatic carbocycles. The number of carbonyl (C=O) groups excluding carboxylic acids is 1. The Kier molecular flexibility index (Phi) is 4.10. The van der Waals surface area contributed by atoms with E-state index in [2.05, 4.69) is 26.5 Å². The van der Waals surface area contributed by atoms with E-state index in [4.69, 9.17) is 11.6 Å². The van der Waals surface area contributed by atoms with Crippen LogP contribution in [-0.4, -0.2) is 10.4 Å². The number of halogens is 2. The molecule has 1 rings (SSSR count). The van der Waals surface area contributed by atoms with E-state index in [1.807, 2.05) is 12.1 Å². The van der Waals surface area contributed by atoms with Crippen LogP contribution in [0.5, 0.6) is 0 Å². The summed E-state index contributed by atoms with van der Waals surface area (Å²) in [6.07, 6.45) is 0. The molecule has 0 aliphatic rings. The molecule has 0 saturated carbocycles. The number of hydrazone groups is 1. The molecule has 0 atom stereocenters. The number of anilines is 1. The summed E-state index contributed by atoms with van der Waals surface area (Å²) in [4.78, 5) is 10.8. The summed E-state index contributed by atoms with van der Waals surface area (Å²) >= 11 is 8.87. The van der Waals surface area contributed by atoms with E-state index in [0.717, 1.165) is 0 Å². The third-order valence-corrected chi connectivity index (χ3v) is 2.50. The molecule has 0 heterocycles. The fourth-order valence-electron chi connectivity index (χ4n) is 0.740. The minimum Gasteiger partial charge on any atom is -0.292 e. The SMILES string of the molecule is CC(=O)/C(Br)=N\Nc1ccccc1Cl. The summed E-state index contributed by atoms with van der Waals surface area (Å²) < 4.78 is 0.234. The lowest BCUT2D eigenvalue weighted by Crippen LogP contribution is -2.03. The van der Waals surface area contributed by atoms with E-state index >= 15 is 0 Å². The number of Topliss-reactive ketones (excluding diaryl/α,β-unsaturated/α-hetero) is 1. The Morgan fingerprint density at radius 3 is 2.71 bits per heavy atom. The van der Waals surface area contributed by atoms with Gasteiger partial charge < -0.3 is 0 Å². The van der Waals surface area contributed by atoms with Gasteiger partial charge in [-0.2, -0.15) is 5.10 Å². The molecule has 1 N–H and O–H groups in total. The first-order chi connectivity index (χ1) is 6.61. The molecule has 3 nitrogen and oxygen atoms in total. The van der Waals surface area contributed by atoms with E-state index in [0.29, 0.717) is 10.7 Å². The summed E-state index contributed by atoms with van der Waals surface area (Å²) in [6, 6.07) is 7.15. The number of rotatable bonds is 3. The van der Waals surface area contributed by atoms with Gasteiger partial charge in [0.1, 0.15) is 0 Å². The maximum absolute atomic E-state index is 10.8. The minimum absolute atomic E-state index is 0.149. The van der Waals surface area contributed by atoms with Crippen LogP contribution in [-0.2, 0) is 4.79 Å². The van der Waals surface area contributed by atoms with Gasteiger partial charge in [-0.3, -0.25) is 10.2 Å². The molecular formula is C9H8BrClN2O. The van der Waals surface area contributed by atoms with Crippen LogP contribution in [0.3, 0.4) is 0 Å². The molecule has 14 heavy (non-hydrogen) atoms. The number of nitrogens with one attached hydrogen (secondary N) is 1. The van der Waals surface area contributed by atoms with Gasteiger partial charge in [0.15, 0.2) is 10.4 Å². The van der Waals surface area contributed by atoms with Crippen LogP contribution in [0.25, 0.3) is 0 Å². The van der Waals surface area contributed by atoms with Crippen LogP contribution < -0.4 is 5.43 Å². The maximum atomic E-state index is 10.8. The van der Waals surface area contributed by atoms with Crippen LogP contribution in [0.4, 0.5) is 5.69 Å². The van der Waals surface area contributed by atoms with Crippen molar-refractivity contribution in [3.05, 3.63) is 29.3 Å². The second-order valence-electron chi connectivity index (χ2n) is 2.55. The van der Waals surface area contributed by atoms with E-state index in [1.54, 1.807) is 12.1 Å². The highest BCUT2D eigenvalue weighted by molar-refractivity contribution is 9.19. The van der Waals surface area contributed by atoms with E-state index < -0.39 is 0 Å². The molecule has 0 saturated heterocycles. The molecule has 0 unspecified atom stereocenters. The Hall–Kier alpha value is -0.870. The number of hydrogen-bond acceptors (Lipinski definition) is 3. The number of hydrogen-bond donors (Lipinski definition) is 1. The zero-order chi connectivity index (χ0) is 10.6. The van der Waals surface area contributed by atoms with Crippen molar-refractivity contribution in [3.8, 4) is 0 Å². The molecule has 0 bridgehead atoms. The molecule has 1 aromatic rings. The van der Waals surface area contributed by atoms with Gasteiger partial charge in [0.05, 0.1) is 10.7 Å². The summed E-state index contributed by atoms with van der Waals surface area (Å²) in [5, 5.41) is 4.36. The van der Waals surface area contributed by atoms with Crippen molar-refractivity contribution in [2.24, 2.45) is 5.10 Å². The number of nitrogens with zero attached hydrogens (tertiary/aromatic N) is 1. The molecule has 5 heteroatoms. The van der Waals surface area contributed by atoms with Gasteiger partial charge in [0.25, 0.3) is 0 Å². The first-order valence-corrected chi connectivity index (χ1v) is 5.03. The second kappa shape index (κ2) is 5.12. The van der Waals surface area contributed by atoms with Crippen molar-refractivity contribution >= 4 is 43.6 Å². The van der Waals surface area contributed by atoms with E-state index in [1.165, 1.54) is 6.92 Å². The van der Waals surface area contributed by atoms with Gasteiger partial charge in [-0.05, 0) is 28.1 Å². The largest absolute Gasteiger partial charge is 0.292 e. The second-order valence-corrected chi connectivity index (χ2v) is 3.71. The van der Waals surface area contributed by atoms with Gasteiger partial charge in [-0.1, -0.05) is 23.7 Å². The lowest BCUT2D eigenvalue weighted by Gasteiger charge is -2.02. The predicted molar refractivity (Wildman–Crippen MR) is 62.1 cm³/mol. The standard InChI is InChI=1S/C9H8BrClN2O/c1-6(14)9(10)13-12-8-5-3-2-4-7(8)11/h2-5,12H,1H3/b13-9+. The van der Waals surface area contributed by atoms with Crippen molar-refractivity contribution in [2.45, 2.75) is 6.92 Å². The molecular weight excluding hydrogens is 267 g/mol. The van der Waals surface area contributed by atoms with Gasteiger partial charge in [-0.15, -0.1) is 0 Å². The van der Waals surface area contributed by atoms with Crippen LogP contribution >= 0.6 is 27.5 Å². The molecule has 0 amide bonds. The summed E-state index contributed by atoms with van der Waals surface area (Å²) in [6.45, 7) is 1.42. The fraction of sp³-hybridized carbons (Fsp3) is 0.111. The average Bonchev–Trinajstić information content (AvgIpc) is 2.16. The lowest BCUT2D eigenvalue weighted by atomic mass is 10.3. The van der Waals surface area contributed by atoms with Crippen LogP contribution in [0, 0.1) is 0 Å². The highest BCUT2D eigenvalue weighted by Gasteiger charge is 2.00. The highest BCUT2D eigenvalue weighted by atomic mass is 79.9. The normalized spacial score (nSPS) is 11.2. The summed E-state index contributed by atoms with van der Waals surface area (Å²) in [5.74, 6) is -0.149. The van der Waals surface area contributed by atoms with Crippen LogP contribution in [0.1, 0.15) is 6.92 Å². The molecule has 0 spiro atoms. The summed E-state index contributed by atoms with van der Waals surface area (Å²) in [5.41, 5.74) is 3.34. The third kappa shape index (κ3) is 3.12. The van der Waals surface area contributed by atoms with Crippen molar-refractivity contribution in [1.82, 2.24) is 0 Å². The number of ketones is 1. The van der Waals surface area contributed by atoms with Crippen molar-refractivity contribution < 1.29 is 4.79 Å². The van der Waals surface area contributed by atoms with Gasteiger partial charge >= 0.3 is 0 Å².